The molecule has 0 radical (unpaired) electrons. The number of benzene rings is 4. The van der Waals surface area contributed by atoms with Crippen LogP contribution in [-0.4, -0.2) is 9.97 Å². The highest BCUT2D eigenvalue weighted by Gasteiger charge is 2.14. The summed E-state index contributed by atoms with van der Waals surface area (Å²) in [6.07, 6.45) is 0. The zero-order chi connectivity index (χ0) is 21.5. The van der Waals surface area contributed by atoms with E-state index in [1.54, 1.807) is 0 Å². The van der Waals surface area contributed by atoms with Crippen LogP contribution < -0.4 is 0 Å². The van der Waals surface area contributed by atoms with Gasteiger partial charge in [-0.25, -0.2) is 9.97 Å². The second kappa shape index (κ2) is 7.70. The van der Waals surface area contributed by atoms with Gasteiger partial charge in [-0.3, -0.25) is 0 Å². The molecular weight excluding hydrogens is 408 g/mol. The Morgan fingerprint density at radius 3 is 2.22 bits per heavy atom. The molecule has 0 amide bonds. The number of hydrogen-bond acceptors (Lipinski definition) is 3. The first-order valence-electron chi connectivity index (χ1n) is 10.7. The Kier molecular flexibility index (Phi) is 4.55. The summed E-state index contributed by atoms with van der Waals surface area (Å²) >= 11 is 1.81. The second-order valence-corrected chi connectivity index (χ2v) is 9.00. The normalized spacial score (nSPS) is 11.3. The number of hydrogen-bond donors (Lipinski definition) is 0. The number of nitrogens with zero attached hydrogens (tertiary/aromatic N) is 2. The van der Waals surface area contributed by atoms with Crippen LogP contribution in [0.4, 0.5) is 0 Å². The molecule has 0 atom stereocenters. The van der Waals surface area contributed by atoms with Crippen molar-refractivity contribution in [2.75, 3.05) is 0 Å². The van der Waals surface area contributed by atoms with Crippen molar-refractivity contribution in [2.24, 2.45) is 0 Å². The van der Waals surface area contributed by atoms with Gasteiger partial charge in [-0.2, -0.15) is 0 Å². The minimum Gasteiger partial charge on any atom is -0.233 e. The molecule has 152 valence electrons. The van der Waals surface area contributed by atoms with E-state index < -0.39 is 0 Å². The van der Waals surface area contributed by atoms with Crippen molar-refractivity contribution >= 4 is 31.5 Å². The van der Waals surface area contributed by atoms with Gasteiger partial charge in [-0.1, -0.05) is 78.9 Å². The van der Waals surface area contributed by atoms with Crippen LogP contribution >= 0.6 is 11.3 Å². The molecule has 0 saturated heterocycles. The van der Waals surface area contributed by atoms with E-state index >= 15 is 0 Å². The molecule has 0 N–H and O–H groups in total. The maximum Gasteiger partial charge on any atom is 0.161 e. The average molecular weight is 429 g/mol. The van der Waals surface area contributed by atoms with Crippen LogP contribution in [-0.2, 0) is 0 Å². The fourth-order valence-corrected chi connectivity index (χ4v) is 5.46. The third-order valence-electron chi connectivity index (χ3n) is 5.76. The van der Waals surface area contributed by atoms with Gasteiger partial charge in [0, 0.05) is 37.0 Å². The van der Waals surface area contributed by atoms with Crippen LogP contribution in [0.15, 0.2) is 103 Å². The SMILES string of the molecule is Cc1cc(-c2cccc(-c3ccccc3)c2)nc(-c2cccc3c2sc2ccccc23)n1. The van der Waals surface area contributed by atoms with Crippen LogP contribution in [0.1, 0.15) is 5.69 Å². The first kappa shape index (κ1) is 18.9. The monoisotopic (exact) mass is 428 g/mol. The van der Waals surface area contributed by atoms with Gasteiger partial charge in [0.2, 0.25) is 0 Å². The fraction of sp³-hybridized carbons (Fsp3) is 0.0345. The largest absolute Gasteiger partial charge is 0.233 e. The van der Waals surface area contributed by atoms with E-state index in [2.05, 4.69) is 97.1 Å². The van der Waals surface area contributed by atoms with Gasteiger partial charge in [0.15, 0.2) is 5.82 Å². The van der Waals surface area contributed by atoms with Crippen molar-refractivity contribution < 1.29 is 0 Å². The summed E-state index contributed by atoms with van der Waals surface area (Å²) in [5.74, 6) is 0.780. The highest BCUT2D eigenvalue weighted by molar-refractivity contribution is 7.26. The van der Waals surface area contributed by atoms with E-state index in [1.165, 1.54) is 31.3 Å². The quantitative estimate of drug-likeness (QED) is 0.284. The average Bonchev–Trinajstić information content (AvgIpc) is 3.23. The Hall–Kier alpha value is -3.82. The minimum atomic E-state index is 0.780. The van der Waals surface area contributed by atoms with Gasteiger partial charge in [0.05, 0.1) is 5.69 Å². The summed E-state index contributed by atoms with van der Waals surface area (Å²) in [5, 5.41) is 2.55. The molecule has 0 unspecified atom stereocenters. The lowest BCUT2D eigenvalue weighted by Crippen LogP contribution is -1.95. The molecule has 2 heterocycles. The Morgan fingerprint density at radius 2 is 1.31 bits per heavy atom. The topological polar surface area (TPSA) is 25.8 Å². The Labute approximate surface area is 190 Å². The summed E-state index contributed by atoms with van der Waals surface area (Å²) in [7, 11) is 0. The van der Waals surface area contributed by atoms with Crippen LogP contribution in [0.2, 0.25) is 0 Å². The van der Waals surface area contributed by atoms with Gasteiger partial charge < -0.3 is 0 Å². The van der Waals surface area contributed by atoms with E-state index in [1.807, 2.05) is 24.3 Å². The maximum absolute atomic E-state index is 5.02. The third-order valence-corrected chi connectivity index (χ3v) is 6.98. The lowest BCUT2D eigenvalue weighted by Gasteiger charge is -2.09. The summed E-state index contributed by atoms with van der Waals surface area (Å²) < 4.78 is 2.53. The predicted octanol–water partition coefficient (Wildman–Crippen LogP) is 8.15. The number of aryl methyl sites for hydroxylation is 1. The zero-order valence-electron chi connectivity index (χ0n) is 17.6. The molecule has 6 rings (SSSR count). The standard InChI is InChI=1S/C29H20N2S/c1-19-17-26(22-12-7-11-21(18-22)20-9-3-2-4-10-20)31-29(30-19)25-15-8-14-24-23-13-5-6-16-27(23)32-28(24)25/h2-18H,1H3. The van der Waals surface area contributed by atoms with Gasteiger partial charge in [0.1, 0.15) is 0 Å². The molecule has 0 spiro atoms. The van der Waals surface area contributed by atoms with E-state index in [0.29, 0.717) is 0 Å². The van der Waals surface area contributed by atoms with Gasteiger partial charge in [-0.05, 0) is 42.3 Å². The molecule has 0 aliphatic heterocycles. The molecular formula is C29H20N2S. The zero-order valence-corrected chi connectivity index (χ0v) is 18.4. The molecule has 6 aromatic rings. The van der Waals surface area contributed by atoms with Gasteiger partial charge in [0.25, 0.3) is 0 Å². The number of fused-ring (bicyclic) bond motifs is 3. The molecule has 0 aliphatic rings. The third kappa shape index (κ3) is 3.28. The highest BCUT2D eigenvalue weighted by atomic mass is 32.1. The van der Waals surface area contributed by atoms with Crippen molar-refractivity contribution in [1.82, 2.24) is 9.97 Å². The molecule has 0 bridgehead atoms. The Morgan fingerprint density at radius 1 is 0.594 bits per heavy atom. The van der Waals surface area contributed by atoms with E-state index in [4.69, 9.17) is 9.97 Å². The fourth-order valence-electron chi connectivity index (χ4n) is 4.25. The van der Waals surface area contributed by atoms with Crippen molar-refractivity contribution in [3.63, 3.8) is 0 Å². The van der Waals surface area contributed by atoms with Crippen molar-refractivity contribution in [1.29, 1.82) is 0 Å². The summed E-state index contributed by atoms with van der Waals surface area (Å²) in [4.78, 5) is 9.85. The van der Waals surface area contributed by atoms with E-state index in [-0.39, 0.29) is 0 Å². The summed E-state index contributed by atoms with van der Waals surface area (Å²) in [6, 6.07) is 36.1. The lowest BCUT2D eigenvalue weighted by molar-refractivity contribution is 1.12. The summed E-state index contributed by atoms with van der Waals surface area (Å²) in [6.45, 7) is 2.04. The number of aromatic nitrogens is 2. The van der Waals surface area contributed by atoms with E-state index in [9.17, 15) is 0 Å². The van der Waals surface area contributed by atoms with Crippen LogP contribution in [0, 0.1) is 6.92 Å². The highest BCUT2D eigenvalue weighted by Crippen LogP contribution is 2.39. The molecule has 0 fully saturated rings. The molecule has 2 aromatic heterocycles. The van der Waals surface area contributed by atoms with Crippen molar-refractivity contribution in [3.8, 4) is 33.8 Å². The molecule has 0 saturated carbocycles. The Bertz CT molecular complexity index is 1580. The molecule has 4 aromatic carbocycles. The predicted molar refractivity (Wildman–Crippen MR) is 136 cm³/mol. The molecule has 32 heavy (non-hydrogen) atoms. The Balaban J connectivity index is 1.51. The number of thiophene rings is 1. The van der Waals surface area contributed by atoms with Crippen LogP contribution in [0.25, 0.3) is 53.9 Å². The number of rotatable bonds is 3. The van der Waals surface area contributed by atoms with Crippen molar-refractivity contribution in [3.05, 3.63) is 109 Å². The first-order valence-corrected chi connectivity index (χ1v) is 11.5. The lowest BCUT2D eigenvalue weighted by atomic mass is 10.0. The van der Waals surface area contributed by atoms with Gasteiger partial charge in [-0.15, -0.1) is 11.3 Å². The smallest absolute Gasteiger partial charge is 0.161 e. The molecule has 0 aliphatic carbocycles. The van der Waals surface area contributed by atoms with Gasteiger partial charge >= 0.3 is 0 Å². The van der Waals surface area contributed by atoms with Crippen LogP contribution in [0.3, 0.4) is 0 Å². The first-order chi connectivity index (χ1) is 15.8. The van der Waals surface area contributed by atoms with Crippen molar-refractivity contribution in [2.45, 2.75) is 6.92 Å². The molecule has 3 heteroatoms. The van der Waals surface area contributed by atoms with Crippen LogP contribution in [0.5, 0.6) is 0 Å². The maximum atomic E-state index is 5.02. The second-order valence-electron chi connectivity index (χ2n) is 7.95. The van der Waals surface area contributed by atoms with E-state index in [0.717, 1.165) is 28.3 Å². The minimum absolute atomic E-state index is 0.780. The summed E-state index contributed by atoms with van der Waals surface area (Å²) in [5.41, 5.74) is 6.49. The molecule has 2 nitrogen and oxygen atoms in total.